The lowest BCUT2D eigenvalue weighted by Crippen LogP contribution is -2.46. The van der Waals surface area contributed by atoms with Crippen LogP contribution in [0.5, 0.6) is 0 Å². The number of morpholine rings is 1. The molecule has 15 rings (SSSR count). The second kappa shape index (κ2) is 57.4. The minimum Gasteiger partial charge on any atom is -0.772 e. The summed E-state index contributed by atoms with van der Waals surface area (Å²) in [4.78, 5) is 9.43. The molecule has 4 heterocycles. The van der Waals surface area contributed by atoms with Crippen molar-refractivity contribution in [2.24, 2.45) is 0 Å². The maximum Gasteiger partial charge on any atom is 0.131 e. The Kier molecular flexibility index (Phi) is 48.0. The fourth-order valence-electron chi connectivity index (χ4n) is 17.1. The Morgan fingerprint density at radius 1 is 0.343 bits per heavy atom. The van der Waals surface area contributed by atoms with Crippen LogP contribution >= 0.6 is 34.8 Å². The highest BCUT2D eigenvalue weighted by atomic mass is 35.5. The van der Waals surface area contributed by atoms with Crippen LogP contribution in [-0.4, -0.2) is 136 Å². The highest BCUT2D eigenvalue weighted by Crippen LogP contribution is 2.40. The van der Waals surface area contributed by atoms with Crippen LogP contribution in [0, 0.1) is 54.3 Å². The van der Waals surface area contributed by atoms with Gasteiger partial charge in [-0.1, -0.05) is 322 Å². The van der Waals surface area contributed by atoms with Crippen molar-refractivity contribution in [3.8, 4) is 0 Å². The van der Waals surface area contributed by atoms with Gasteiger partial charge in [-0.3, -0.25) is 16.8 Å². The summed E-state index contributed by atoms with van der Waals surface area (Å²) in [6.07, 6.45) is 13.4. The standard InChI is InChI=1S/3C27H30ClNO.C23H30FNO.4C3H8O2S/c1-20-3-7-23(21(2)19-20)8-4-22-5-13-26(14-6-22)29-17-15-27(30,16-18-29)24-9-11-25(28)12-10-24;1-20-3-5-22(6-4-20)7-8-23-9-14-26(21(2)19-23)29-17-15-27(30,16-18-29)24-10-12-25(28)13-11-24;1-20-3-4-23(19-21(20)2)6-5-22-7-13-26(14-8-22)29-17-15-27(30,16-18-29)24-9-11-25(28)12-10-24;1-5-21-22(25-14-17(3)26-18(4)15-25)13-12-20(23(21)24)11-10-19-8-6-16(2)7-9-19;4*1-3(2)6(4)5/h3,5-7,9-14,19,30H,4,8,15-18H2,1-2H3;3-6,9-14,19,30H,7-8,15-18H2,1-2H3;3-4,7-14,19,30H,5-6,15-18H2,1-2H3;6-9,12-13,17-18H,5,10-11,14-15H2,1-4H3;4*3H,1-2H3,(H,4,5)/p-4/t;;;17-,18+;;;;. The molecule has 4 aliphatic rings. The summed E-state index contributed by atoms with van der Waals surface area (Å²) in [6, 6.07) is 82.5. The van der Waals surface area contributed by atoms with Crippen LogP contribution in [0.3, 0.4) is 0 Å². The maximum absolute atomic E-state index is 15.2. The van der Waals surface area contributed by atoms with Crippen LogP contribution in [0.15, 0.2) is 237 Å². The van der Waals surface area contributed by atoms with E-state index in [1.165, 1.54) is 95.0 Å². The van der Waals surface area contributed by atoms with Crippen molar-refractivity contribution in [1.29, 1.82) is 0 Å². The highest BCUT2D eigenvalue weighted by Gasteiger charge is 2.37. The number of benzene rings is 11. The Balaban J connectivity index is 0.000000211. The molecule has 4 aliphatic heterocycles. The third kappa shape index (κ3) is 38.0. The van der Waals surface area contributed by atoms with Gasteiger partial charge in [0.2, 0.25) is 0 Å². The number of nitrogens with zero attached hydrogens (tertiary/aromatic N) is 4. The van der Waals surface area contributed by atoms with E-state index in [9.17, 15) is 50.4 Å². The zero-order chi connectivity index (χ0) is 103. The van der Waals surface area contributed by atoms with Gasteiger partial charge >= 0.3 is 0 Å². The lowest BCUT2D eigenvalue weighted by atomic mass is 9.84. The molecule has 0 spiro atoms. The molecule has 24 heteroatoms. The monoisotopic (exact) mass is 2040 g/mol. The summed E-state index contributed by atoms with van der Waals surface area (Å²) in [5.74, 6) is -0.0242. The topological polar surface area (TPSA) is 243 Å². The number of aryl methyl sites for hydroxylation is 15. The Morgan fingerprint density at radius 2 is 0.629 bits per heavy atom. The van der Waals surface area contributed by atoms with Gasteiger partial charge in [-0.2, -0.15) is 0 Å². The van der Waals surface area contributed by atoms with Crippen molar-refractivity contribution in [3.63, 3.8) is 0 Å². The van der Waals surface area contributed by atoms with Gasteiger partial charge in [-0.05, 0) is 315 Å². The second-order valence-corrected chi connectivity index (χ2v) is 45.8. The van der Waals surface area contributed by atoms with E-state index < -0.39 is 61.1 Å². The van der Waals surface area contributed by atoms with Gasteiger partial charge in [0.15, 0.2) is 0 Å². The van der Waals surface area contributed by atoms with E-state index in [1.807, 2.05) is 85.8 Å². The Bertz CT molecular complexity index is 5620. The van der Waals surface area contributed by atoms with Crippen LogP contribution in [0.4, 0.5) is 27.1 Å². The lowest BCUT2D eigenvalue weighted by molar-refractivity contribution is -0.00530. The normalized spacial score (nSPS) is 16.7. The van der Waals surface area contributed by atoms with Gasteiger partial charge in [0.25, 0.3) is 0 Å². The molecule has 4 unspecified atom stereocenters. The van der Waals surface area contributed by atoms with E-state index in [0.717, 1.165) is 176 Å². The molecular weight excluding hydrogens is 1890 g/mol. The third-order valence-electron chi connectivity index (χ3n) is 26.2. The fraction of sp³-hybridized carbons (Fsp3) is 0.431. The Labute approximate surface area is 860 Å². The molecule has 4 saturated heterocycles. The smallest absolute Gasteiger partial charge is 0.131 e. The summed E-state index contributed by atoms with van der Waals surface area (Å²) in [5, 5.41) is 34.5. The summed E-state index contributed by atoms with van der Waals surface area (Å²) in [7, 11) is 0. The van der Waals surface area contributed by atoms with Gasteiger partial charge in [-0.15, -0.1) is 0 Å². The highest BCUT2D eigenvalue weighted by molar-refractivity contribution is 7.80. The predicted molar refractivity (Wildman–Crippen MR) is 582 cm³/mol. The third-order valence-corrected chi connectivity index (χ3v) is 30.0. The first kappa shape index (κ1) is 117. The van der Waals surface area contributed by atoms with Crippen LogP contribution in [-0.2, 0) is 124 Å². The first-order chi connectivity index (χ1) is 66.3. The predicted octanol–water partition coefficient (Wildman–Crippen LogP) is 24.9. The number of piperidine rings is 3. The molecule has 0 bridgehead atoms. The molecule has 16 nitrogen and oxygen atoms in total. The van der Waals surface area contributed by atoms with Gasteiger partial charge < -0.3 is 57.9 Å². The number of ether oxygens (including phenoxy) is 1. The van der Waals surface area contributed by atoms with E-state index in [0.29, 0.717) is 21.5 Å². The molecule has 0 aliphatic carbocycles. The number of hydrogen-bond donors (Lipinski definition) is 3. The van der Waals surface area contributed by atoms with E-state index in [2.05, 4.69) is 240 Å². The maximum atomic E-state index is 15.2. The average molecular weight is 2040 g/mol. The van der Waals surface area contributed by atoms with E-state index in [-0.39, 0.29) is 39.0 Å². The lowest BCUT2D eigenvalue weighted by Gasteiger charge is -2.40. The molecular formula is C116H148Cl3FN4O12S4-4. The van der Waals surface area contributed by atoms with E-state index in [1.54, 1.807) is 55.4 Å². The number of hydrogen-bond acceptors (Lipinski definition) is 16. The molecule has 760 valence electrons. The number of anilines is 4. The first-order valence-electron chi connectivity index (χ1n) is 49.1. The molecule has 11 aromatic rings. The van der Waals surface area contributed by atoms with E-state index in [4.69, 9.17) is 39.5 Å². The zero-order valence-corrected chi connectivity index (χ0v) is 90.7. The average Bonchev–Trinajstić information content (AvgIpc) is 0.832. The van der Waals surface area contributed by atoms with E-state index >= 15 is 4.39 Å². The van der Waals surface area contributed by atoms with Crippen molar-refractivity contribution < 1.29 is 59.5 Å². The van der Waals surface area contributed by atoms with Crippen LogP contribution < -0.4 is 19.6 Å². The molecule has 0 amide bonds. The largest absolute Gasteiger partial charge is 0.772 e. The Hall–Kier alpha value is -8.30. The molecule has 11 aromatic carbocycles. The minimum absolute atomic E-state index is 0.0242. The molecule has 6 atom stereocenters. The summed E-state index contributed by atoms with van der Waals surface area (Å²) in [6.45, 7) is 41.1. The van der Waals surface area contributed by atoms with Crippen molar-refractivity contribution in [2.45, 2.75) is 271 Å². The van der Waals surface area contributed by atoms with Gasteiger partial charge in [0.1, 0.15) is 5.82 Å². The summed E-state index contributed by atoms with van der Waals surface area (Å²) < 4.78 is 98.6. The van der Waals surface area contributed by atoms with Crippen molar-refractivity contribution in [1.82, 2.24) is 0 Å². The summed E-state index contributed by atoms with van der Waals surface area (Å²) in [5.41, 5.74) is 26.0. The number of halogens is 4. The SMILES string of the molecule is CC(C)S(=O)[O-].CC(C)S(=O)[O-].CC(C)S(=O)[O-].CC(C)S(=O)[O-].CCc1c(N2C[C@@H](C)O[C@@H](C)C2)ccc(CCc2ccc(C)cc2)c1F.Cc1ccc(CCc2ccc(N3CCC(O)(c4ccc(Cl)cc4)CC3)c(C)c2)cc1.Cc1ccc(CCc2ccc(N3CCC(O)(c4ccc(Cl)cc4)CC3)cc2)c(C)c1.Cc1ccc(CCc2ccc(N3CCC(O)(c4ccc(Cl)cc4)CC3)cc2)cc1C. The first-order valence-corrected chi connectivity index (χ1v) is 54.8. The van der Waals surface area contributed by atoms with Crippen LogP contribution in [0.2, 0.25) is 15.1 Å². The Morgan fingerprint density at radius 3 is 0.957 bits per heavy atom. The van der Waals surface area contributed by atoms with Crippen molar-refractivity contribution >= 4 is 102 Å². The van der Waals surface area contributed by atoms with Gasteiger partial charge in [0, 0.05) is 117 Å². The van der Waals surface area contributed by atoms with Gasteiger partial charge in [-0.25, -0.2) is 4.39 Å². The van der Waals surface area contributed by atoms with Crippen molar-refractivity contribution in [2.75, 3.05) is 72.0 Å². The minimum atomic E-state index is -1.87. The second-order valence-electron chi connectivity index (χ2n) is 38.6. The van der Waals surface area contributed by atoms with Crippen molar-refractivity contribution in [3.05, 3.63) is 363 Å². The molecule has 4 fully saturated rings. The number of rotatable bonds is 24. The number of aliphatic hydroxyl groups is 3. The van der Waals surface area contributed by atoms with Gasteiger partial charge in [0.05, 0.1) is 29.0 Å². The molecule has 0 radical (unpaired) electrons. The zero-order valence-electron chi connectivity index (χ0n) is 85.2. The molecule has 0 saturated carbocycles. The molecule has 3 N–H and O–H groups in total. The summed E-state index contributed by atoms with van der Waals surface area (Å²) >= 11 is 10.5. The molecule has 140 heavy (non-hydrogen) atoms. The quantitative estimate of drug-likeness (QED) is 0.0476. The molecule has 0 aromatic heterocycles. The fourth-order valence-corrected chi connectivity index (χ4v) is 17.5. The van der Waals surface area contributed by atoms with Crippen LogP contribution in [0.1, 0.15) is 220 Å². The van der Waals surface area contributed by atoms with Crippen LogP contribution in [0.25, 0.3) is 0 Å².